The van der Waals surface area contributed by atoms with Crippen LogP contribution < -0.4 is 5.56 Å². The van der Waals surface area contributed by atoms with Gasteiger partial charge in [0.25, 0.3) is 5.56 Å². The molecule has 0 unspecified atom stereocenters. The van der Waals surface area contributed by atoms with E-state index >= 15 is 0 Å². The summed E-state index contributed by atoms with van der Waals surface area (Å²) in [4.78, 5) is 30.2. The molecule has 0 aromatic carbocycles. The Morgan fingerprint density at radius 1 is 1.39 bits per heavy atom. The molecule has 3 rings (SSSR count). The van der Waals surface area contributed by atoms with E-state index in [9.17, 15) is 9.59 Å². The molecule has 120 valence electrons. The third-order valence-corrected chi connectivity index (χ3v) is 6.36. The SMILES string of the molecule is CC(=O)CCCSc1nc2scc(-c3cccs3)c2c(=O)n1C. The zero-order chi connectivity index (χ0) is 16.4. The number of ketones is 1. The van der Waals surface area contributed by atoms with Crippen LogP contribution in [-0.4, -0.2) is 21.1 Å². The Bertz CT molecular complexity index is 894. The highest BCUT2D eigenvalue weighted by Crippen LogP contribution is 2.34. The average molecular weight is 365 g/mol. The molecule has 0 saturated heterocycles. The van der Waals surface area contributed by atoms with Gasteiger partial charge in [0.15, 0.2) is 5.16 Å². The standard InChI is InChI=1S/C16H16N2O2S3/c1-10(19)5-3-8-22-16-17-14-13(15(20)18(16)2)11(9-23-14)12-6-4-7-21-12/h4,6-7,9H,3,5,8H2,1-2H3. The van der Waals surface area contributed by atoms with Gasteiger partial charge in [0.05, 0.1) is 5.39 Å². The molecule has 0 N–H and O–H groups in total. The summed E-state index contributed by atoms with van der Waals surface area (Å²) in [6, 6.07) is 4.01. The Labute approximate surface area is 146 Å². The highest BCUT2D eigenvalue weighted by Gasteiger charge is 2.16. The number of rotatable bonds is 6. The van der Waals surface area contributed by atoms with Crippen LogP contribution in [0.25, 0.3) is 20.7 Å². The second kappa shape index (κ2) is 6.98. The van der Waals surface area contributed by atoms with Gasteiger partial charge in [-0.2, -0.15) is 0 Å². The Balaban J connectivity index is 1.93. The lowest BCUT2D eigenvalue weighted by Crippen LogP contribution is -2.19. The lowest BCUT2D eigenvalue weighted by Gasteiger charge is -2.07. The molecule has 0 atom stereocenters. The highest BCUT2D eigenvalue weighted by atomic mass is 32.2. The number of fused-ring (bicyclic) bond motifs is 1. The van der Waals surface area contributed by atoms with Crippen LogP contribution in [0.1, 0.15) is 19.8 Å². The van der Waals surface area contributed by atoms with Gasteiger partial charge in [0.2, 0.25) is 0 Å². The van der Waals surface area contributed by atoms with Gasteiger partial charge in [0.1, 0.15) is 10.6 Å². The molecule has 3 aromatic heterocycles. The molecule has 0 radical (unpaired) electrons. The molecule has 0 aliphatic carbocycles. The largest absolute Gasteiger partial charge is 0.300 e. The Morgan fingerprint density at radius 3 is 2.91 bits per heavy atom. The Morgan fingerprint density at radius 2 is 2.22 bits per heavy atom. The highest BCUT2D eigenvalue weighted by molar-refractivity contribution is 7.99. The summed E-state index contributed by atoms with van der Waals surface area (Å²) in [5.74, 6) is 0.982. The third-order valence-electron chi connectivity index (χ3n) is 3.47. The number of carbonyl (C=O) groups is 1. The van der Waals surface area contributed by atoms with Crippen LogP contribution in [0.15, 0.2) is 32.8 Å². The van der Waals surface area contributed by atoms with Crippen molar-refractivity contribution in [3.05, 3.63) is 33.2 Å². The predicted octanol–water partition coefficient (Wildman–Crippen LogP) is 4.18. The van der Waals surface area contributed by atoms with E-state index in [4.69, 9.17) is 0 Å². The number of hydrogen-bond acceptors (Lipinski definition) is 6. The molecule has 0 amide bonds. The molecule has 7 heteroatoms. The van der Waals surface area contributed by atoms with Crippen molar-refractivity contribution in [3.63, 3.8) is 0 Å². The van der Waals surface area contributed by atoms with Crippen molar-refractivity contribution < 1.29 is 4.79 Å². The molecule has 0 spiro atoms. The fourth-order valence-corrected chi connectivity index (χ4v) is 4.99. The normalized spacial score (nSPS) is 11.2. The first-order chi connectivity index (χ1) is 11.1. The average Bonchev–Trinajstić information content (AvgIpc) is 3.16. The van der Waals surface area contributed by atoms with E-state index in [0.717, 1.165) is 27.4 Å². The van der Waals surface area contributed by atoms with Gasteiger partial charge in [-0.1, -0.05) is 17.8 Å². The van der Waals surface area contributed by atoms with Crippen LogP contribution in [0.2, 0.25) is 0 Å². The van der Waals surface area contributed by atoms with E-state index in [1.807, 2.05) is 22.9 Å². The van der Waals surface area contributed by atoms with Crippen molar-refractivity contribution in [1.82, 2.24) is 9.55 Å². The van der Waals surface area contributed by atoms with Gasteiger partial charge in [-0.15, -0.1) is 22.7 Å². The molecular formula is C16H16N2O2S3. The molecule has 23 heavy (non-hydrogen) atoms. The monoisotopic (exact) mass is 364 g/mol. The van der Waals surface area contributed by atoms with Crippen LogP contribution >= 0.6 is 34.4 Å². The zero-order valence-electron chi connectivity index (χ0n) is 12.9. The minimum atomic E-state index is -0.00582. The molecule has 0 aliphatic rings. The number of nitrogens with zero attached hydrogens (tertiary/aromatic N) is 2. The van der Waals surface area contributed by atoms with E-state index in [1.54, 1.807) is 29.9 Å². The minimum absolute atomic E-state index is 0.00582. The lowest BCUT2D eigenvalue weighted by molar-refractivity contribution is -0.117. The van der Waals surface area contributed by atoms with Gasteiger partial charge in [-0.3, -0.25) is 9.36 Å². The molecule has 0 aliphatic heterocycles. The number of hydrogen-bond donors (Lipinski definition) is 0. The maximum Gasteiger partial charge on any atom is 0.263 e. The fraction of sp³-hybridized carbons (Fsp3) is 0.312. The van der Waals surface area contributed by atoms with Crippen LogP contribution in [0.4, 0.5) is 0 Å². The van der Waals surface area contributed by atoms with Crippen LogP contribution in [0, 0.1) is 0 Å². The van der Waals surface area contributed by atoms with Gasteiger partial charge in [-0.05, 0) is 24.8 Å². The van der Waals surface area contributed by atoms with E-state index < -0.39 is 0 Å². The zero-order valence-corrected chi connectivity index (χ0v) is 15.3. The summed E-state index contributed by atoms with van der Waals surface area (Å²) in [6.07, 6.45) is 1.38. The summed E-state index contributed by atoms with van der Waals surface area (Å²) in [5.41, 5.74) is 0.968. The molecule has 3 aromatic rings. The van der Waals surface area contributed by atoms with Gasteiger partial charge in [0, 0.05) is 35.0 Å². The molecular weight excluding hydrogens is 348 g/mol. The van der Waals surface area contributed by atoms with Crippen LogP contribution in [0.3, 0.4) is 0 Å². The van der Waals surface area contributed by atoms with Crippen molar-refractivity contribution in [3.8, 4) is 10.4 Å². The number of aromatic nitrogens is 2. The Kier molecular flexibility index (Phi) is 4.99. The van der Waals surface area contributed by atoms with Gasteiger partial charge >= 0.3 is 0 Å². The first-order valence-electron chi connectivity index (χ1n) is 7.22. The number of thioether (sulfide) groups is 1. The van der Waals surface area contributed by atoms with Gasteiger partial charge < -0.3 is 4.79 Å². The van der Waals surface area contributed by atoms with Crippen LogP contribution in [0.5, 0.6) is 0 Å². The predicted molar refractivity (Wildman–Crippen MR) is 98.8 cm³/mol. The van der Waals surface area contributed by atoms with Gasteiger partial charge in [-0.25, -0.2) is 4.98 Å². The second-order valence-electron chi connectivity index (χ2n) is 5.22. The van der Waals surface area contributed by atoms with E-state index in [0.29, 0.717) is 17.0 Å². The summed E-state index contributed by atoms with van der Waals surface area (Å²) >= 11 is 4.67. The third kappa shape index (κ3) is 3.41. The quantitative estimate of drug-likeness (QED) is 0.374. The maximum atomic E-state index is 12.7. The van der Waals surface area contributed by atoms with Crippen molar-refractivity contribution in [2.45, 2.75) is 24.9 Å². The number of Topliss-reactive ketones (excluding diaryl/α,β-unsaturated/α-hetero) is 1. The summed E-state index contributed by atoms with van der Waals surface area (Å²) < 4.78 is 1.62. The van der Waals surface area contributed by atoms with E-state index in [1.165, 1.54) is 23.1 Å². The maximum absolute atomic E-state index is 12.7. The number of carbonyl (C=O) groups excluding carboxylic acids is 1. The minimum Gasteiger partial charge on any atom is -0.300 e. The molecule has 4 nitrogen and oxygen atoms in total. The molecule has 0 bridgehead atoms. The van der Waals surface area contributed by atoms with Crippen molar-refractivity contribution in [2.24, 2.45) is 7.05 Å². The first kappa shape index (κ1) is 16.4. The van der Waals surface area contributed by atoms with E-state index in [2.05, 4.69) is 4.98 Å². The smallest absolute Gasteiger partial charge is 0.263 e. The topological polar surface area (TPSA) is 52.0 Å². The van der Waals surface area contributed by atoms with E-state index in [-0.39, 0.29) is 11.3 Å². The first-order valence-corrected chi connectivity index (χ1v) is 9.96. The molecule has 0 fully saturated rings. The second-order valence-corrected chi connectivity index (χ2v) is 8.09. The van der Waals surface area contributed by atoms with Crippen molar-refractivity contribution in [1.29, 1.82) is 0 Å². The summed E-state index contributed by atoms with van der Waals surface area (Å²) in [7, 11) is 1.76. The molecule has 0 saturated carbocycles. The van der Waals surface area contributed by atoms with Crippen LogP contribution in [-0.2, 0) is 11.8 Å². The summed E-state index contributed by atoms with van der Waals surface area (Å²) in [6.45, 7) is 1.60. The Hall–Kier alpha value is -1.44. The molecule has 3 heterocycles. The van der Waals surface area contributed by atoms with Crippen molar-refractivity contribution in [2.75, 3.05) is 5.75 Å². The fourth-order valence-electron chi connectivity index (χ4n) is 2.28. The number of thiophene rings is 2. The summed E-state index contributed by atoms with van der Waals surface area (Å²) in [5, 5.41) is 5.43. The lowest BCUT2D eigenvalue weighted by atomic mass is 10.2. The van der Waals surface area contributed by atoms with Crippen molar-refractivity contribution >= 4 is 50.4 Å².